The van der Waals surface area contributed by atoms with Crippen LogP contribution in [0.25, 0.3) is 0 Å². The monoisotopic (exact) mass is 280 g/mol. The molecule has 2 aromatic rings. The number of rotatable bonds is 3. The molecule has 2 N–H and O–H groups in total. The Bertz CT molecular complexity index is 641. The number of carbonyl (C=O) groups excluding carboxylic acids is 1. The predicted octanol–water partition coefficient (Wildman–Crippen LogP) is 3.21. The van der Waals surface area contributed by atoms with Crippen molar-refractivity contribution in [1.29, 1.82) is 0 Å². The molecule has 0 bridgehead atoms. The Hall–Kier alpha value is -2.29. The highest BCUT2D eigenvalue weighted by atomic mass is 16.2. The van der Waals surface area contributed by atoms with Crippen LogP contribution < -0.4 is 10.6 Å². The fourth-order valence-electron chi connectivity index (χ4n) is 2.92. The van der Waals surface area contributed by atoms with Crippen LogP contribution in [0.1, 0.15) is 29.7 Å². The van der Waals surface area contributed by atoms with Crippen LogP contribution in [0.3, 0.4) is 0 Å². The second kappa shape index (κ2) is 5.60. The molecule has 3 rings (SSSR count). The highest BCUT2D eigenvalue weighted by Crippen LogP contribution is 2.26. The van der Waals surface area contributed by atoms with E-state index in [1.165, 1.54) is 16.7 Å². The van der Waals surface area contributed by atoms with Crippen LogP contribution in [0.15, 0.2) is 48.5 Å². The van der Waals surface area contributed by atoms with Crippen molar-refractivity contribution in [3.05, 3.63) is 65.2 Å². The molecule has 1 amide bonds. The van der Waals surface area contributed by atoms with Crippen molar-refractivity contribution in [1.82, 2.24) is 5.32 Å². The second-order valence-corrected chi connectivity index (χ2v) is 5.65. The lowest BCUT2D eigenvalue weighted by atomic mass is 10.0. The first-order valence-electron chi connectivity index (χ1n) is 7.35. The van der Waals surface area contributed by atoms with E-state index in [1.807, 2.05) is 37.3 Å². The van der Waals surface area contributed by atoms with Crippen LogP contribution in [-0.2, 0) is 11.2 Å². The Morgan fingerprint density at radius 3 is 2.67 bits per heavy atom. The summed E-state index contributed by atoms with van der Waals surface area (Å²) in [6, 6.07) is 16.1. The number of para-hydroxylation sites is 1. The lowest BCUT2D eigenvalue weighted by Crippen LogP contribution is -2.39. The van der Waals surface area contributed by atoms with Gasteiger partial charge in [-0.2, -0.15) is 0 Å². The van der Waals surface area contributed by atoms with Gasteiger partial charge in [0.15, 0.2) is 0 Å². The topological polar surface area (TPSA) is 41.1 Å². The highest BCUT2D eigenvalue weighted by Gasteiger charge is 2.27. The van der Waals surface area contributed by atoms with Crippen molar-refractivity contribution in [3.63, 3.8) is 0 Å². The Labute approximate surface area is 125 Å². The fraction of sp³-hybridized carbons (Fsp3) is 0.278. The van der Waals surface area contributed by atoms with Gasteiger partial charge in [0.2, 0.25) is 5.91 Å². The number of nitrogens with one attached hydrogen (secondary N) is 2. The van der Waals surface area contributed by atoms with Crippen molar-refractivity contribution in [3.8, 4) is 0 Å². The van der Waals surface area contributed by atoms with Gasteiger partial charge in [-0.1, -0.05) is 42.5 Å². The van der Waals surface area contributed by atoms with Gasteiger partial charge in [0.25, 0.3) is 0 Å². The van der Waals surface area contributed by atoms with Crippen LogP contribution in [0.2, 0.25) is 0 Å². The van der Waals surface area contributed by atoms with E-state index in [2.05, 4.69) is 35.8 Å². The third-order valence-corrected chi connectivity index (χ3v) is 4.10. The van der Waals surface area contributed by atoms with Crippen molar-refractivity contribution in [2.45, 2.75) is 32.4 Å². The molecule has 0 saturated carbocycles. The Morgan fingerprint density at radius 2 is 1.90 bits per heavy atom. The third-order valence-electron chi connectivity index (χ3n) is 4.10. The van der Waals surface area contributed by atoms with Gasteiger partial charge in [0.05, 0.1) is 6.04 Å². The standard InChI is InChI=1S/C18H20N2O/c1-12-7-3-5-9-15(12)13(2)19-18(21)17-11-14-8-4-6-10-16(14)20-17/h3-10,13,17,20H,11H2,1-2H3,(H,19,21)/t13-,17-/m0/s1. The molecule has 21 heavy (non-hydrogen) atoms. The maximum Gasteiger partial charge on any atom is 0.243 e. The first kappa shape index (κ1) is 13.7. The van der Waals surface area contributed by atoms with E-state index in [0.717, 1.165) is 12.1 Å². The van der Waals surface area contributed by atoms with E-state index in [0.29, 0.717) is 0 Å². The van der Waals surface area contributed by atoms with Crippen molar-refractivity contribution < 1.29 is 4.79 Å². The number of anilines is 1. The summed E-state index contributed by atoms with van der Waals surface area (Å²) in [5, 5.41) is 6.41. The second-order valence-electron chi connectivity index (χ2n) is 5.65. The van der Waals surface area contributed by atoms with E-state index in [1.54, 1.807) is 0 Å². The number of hydrogen-bond donors (Lipinski definition) is 2. The smallest absolute Gasteiger partial charge is 0.243 e. The van der Waals surface area contributed by atoms with Crippen LogP contribution in [0.5, 0.6) is 0 Å². The minimum Gasteiger partial charge on any atom is -0.373 e. The summed E-state index contributed by atoms with van der Waals surface area (Å²) < 4.78 is 0. The summed E-state index contributed by atoms with van der Waals surface area (Å²) in [4.78, 5) is 12.4. The summed E-state index contributed by atoms with van der Waals surface area (Å²) in [5.41, 5.74) is 4.65. The molecule has 2 aromatic carbocycles. The Kier molecular flexibility index (Phi) is 3.65. The number of aryl methyl sites for hydroxylation is 1. The van der Waals surface area contributed by atoms with E-state index in [9.17, 15) is 4.79 Å². The number of fused-ring (bicyclic) bond motifs is 1. The van der Waals surface area contributed by atoms with Crippen molar-refractivity contribution in [2.24, 2.45) is 0 Å². The SMILES string of the molecule is Cc1ccccc1[C@H](C)NC(=O)[C@@H]1Cc2ccccc2N1. The summed E-state index contributed by atoms with van der Waals surface area (Å²) in [5.74, 6) is 0.0574. The predicted molar refractivity (Wildman–Crippen MR) is 85.3 cm³/mol. The average Bonchev–Trinajstić information content (AvgIpc) is 2.91. The number of carbonyl (C=O) groups is 1. The molecular weight excluding hydrogens is 260 g/mol. The van der Waals surface area contributed by atoms with Gasteiger partial charge in [-0.3, -0.25) is 4.79 Å². The van der Waals surface area contributed by atoms with Gasteiger partial charge in [0, 0.05) is 12.1 Å². The van der Waals surface area contributed by atoms with Gasteiger partial charge in [-0.15, -0.1) is 0 Å². The number of amides is 1. The molecule has 3 nitrogen and oxygen atoms in total. The van der Waals surface area contributed by atoms with Crippen molar-refractivity contribution in [2.75, 3.05) is 5.32 Å². The summed E-state index contributed by atoms with van der Waals surface area (Å²) in [7, 11) is 0. The normalized spacial score (nSPS) is 17.7. The molecule has 1 heterocycles. The van der Waals surface area contributed by atoms with Crippen LogP contribution in [0.4, 0.5) is 5.69 Å². The quantitative estimate of drug-likeness (QED) is 0.906. The molecule has 0 aromatic heterocycles. The van der Waals surface area contributed by atoms with Crippen LogP contribution in [-0.4, -0.2) is 11.9 Å². The zero-order valence-electron chi connectivity index (χ0n) is 12.4. The molecule has 0 fully saturated rings. The third kappa shape index (κ3) is 2.77. The molecule has 1 aliphatic heterocycles. The van der Waals surface area contributed by atoms with E-state index < -0.39 is 0 Å². The first-order chi connectivity index (χ1) is 10.1. The fourth-order valence-corrected chi connectivity index (χ4v) is 2.92. The average molecular weight is 280 g/mol. The zero-order chi connectivity index (χ0) is 14.8. The van der Waals surface area contributed by atoms with E-state index in [4.69, 9.17) is 0 Å². The van der Waals surface area contributed by atoms with Crippen LogP contribution in [0, 0.1) is 6.92 Å². The molecule has 0 radical (unpaired) electrons. The van der Waals surface area contributed by atoms with Crippen LogP contribution >= 0.6 is 0 Å². The molecular formula is C18H20N2O. The molecule has 0 unspecified atom stereocenters. The maximum absolute atomic E-state index is 12.4. The minimum absolute atomic E-state index is 0.0178. The van der Waals surface area contributed by atoms with Crippen molar-refractivity contribution >= 4 is 11.6 Å². The summed E-state index contributed by atoms with van der Waals surface area (Å²) >= 11 is 0. The molecule has 2 atom stereocenters. The van der Waals surface area contributed by atoms with Gasteiger partial charge in [-0.25, -0.2) is 0 Å². The largest absolute Gasteiger partial charge is 0.373 e. The number of hydrogen-bond acceptors (Lipinski definition) is 2. The molecule has 0 saturated heterocycles. The van der Waals surface area contributed by atoms with E-state index in [-0.39, 0.29) is 18.0 Å². The van der Waals surface area contributed by atoms with Gasteiger partial charge < -0.3 is 10.6 Å². The van der Waals surface area contributed by atoms with Gasteiger partial charge >= 0.3 is 0 Å². The molecule has 108 valence electrons. The first-order valence-corrected chi connectivity index (χ1v) is 7.35. The summed E-state index contributed by atoms with van der Waals surface area (Å²) in [6.07, 6.45) is 0.752. The molecule has 0 spiro atoms. The summed E-state index contributed by atoms with van der Waals surface area (Å²) in [6.45, 7) is 4.10. The zero-order valence-corrected chi connectivity index (χ0v) is 12.4. The molecule has 3 heteroatoms. The molecule has 1 aliphatic rings. The minimum atomic E-state index is -0.172. The Balaban J connectivity index is 1.67. The highest BCUT2D eigenvalue weighted by molar-refractivity contribution is 5.87. The lowest BCUT2D eigenvalue weighted by Gasteiger charge is -2.19. The maximum atomic E-state index is 12.4. The Morgan fingerprint density at radius 1 is 1.19 bits per heavy atom. The van der Waals surface area contributed by atoms with E-state index >= 15 is 0 Å². The van der Waals surface area contributed by atoms with Gasteiger partial charge in [0.1, 0.15) is 6.04 Å². The van der Waals surface area contributed by atoms with Gasteiger partial charge in [-0.05, 0) is 36.6 Å². The molecule has 0 aliphatic carbocycles. The lowest BCUT2D eigenvalue weighted by molar-refractivity contribution is -0.122. The number of benzene rings is 2.